The number of aliphatic imine (C=N–C) groups is 1. The van der Waals surface area contributed by atoms with Gasteiger partial charge in [-0.2, -0.15) is 0 Å². The van der Waals surface area contributed by atoms with Crippen LogP contribution in [-0.4, -0.2) is 42.3 Å². The van der Waals surface area contributed by atoms with E-state index in [2.05, 4.69) is 15.3 Å². The van der Waals surface area contributed by atoms with Gasteiger partial charge in [0.05, 0.1) is 19.4 Å². The third-order valence-electron chi connectivity index (χ3n) is 5.59. The number of hydrogen-bond donors (Lipinski definition) is 2. The molecule has 4 rings (SSSR count). The molecule has 1 aromatic heterocycles. The minimum atomic E-state index is -2.52. The second-order valence-corrected chi connectivity index (χ2v) is 7.57. The molecule has 1 fully saturated rings. The maximum atomic E-state index is 14.8. The first-order chi connectivity index (χ1) is 14.7. The average molecular weight is 440 g/mol. The van der Waals surface area contributed by atoms with E-state index in [1.165, 1.54) is 0 Å². The van der Waals surface area contributed by atoms with Crippen LogP contribution in [-0.2, 0) is 10.3 Å². The number of alkyl halides is 2. The lowest BCUT2D eigenvalue weighted by atomic mass is 9.73. The van der Waals surface area contributed by atoms with Crippen molar-refractivity contribution in [1.29, 1.82) is 0 Å². The number of nitrogens with zero attached hydrogens (tertiary/aromatic N) is 2. The maximum Gasteiger partial charge on any atom is 0.274 e. The number of nitrogens with one attached hydrogen (secondary N) is 1. The molecule has 2 aromatic rings. The van der Waals surface area contributed by atoms with Gasteiger partial charge in [-0.3, -0.25) is 9.79 Å². The van der Waals surface area contributed by atoms with Gasteiger partial charge in [-0.1, -0.05) is 0 Å². The average Bonchev–Trinajstić information content (AvgIpc) is 3.14. The van der Waals surface area contributed by atoms with Crippen molar-refractivity contribution in [2.24, 2.45) is 16.6 Å². The van der Waals surface area contributed by atoms with Crippen molar-refractivity contribution in [3.8, 4) is 0 Å². The first-order valence-electron chi connectivity index (χ1n) is 9.29. The minimum Gasteiger partial charge on any atom is -0.385 e. The van der Waals surface area contributed by atoms with Crippen molar-refractivity contribution >= 4 is 17.4 Å². The number of rotatable bonds is 4. The topological polar surface area (TPSA) is 89.6 Å². The van der Waals surface area contributed by atoms with E-state index in [0.717, 1.165) is 30.5 Å². The molecule has 0 bridgehead atoms. The highest BCUT2D eigenvalue weighted by atomic mass is 19.2. The van der Waals surface area contributed by atoms with Crippen molar-refractivity contribution < 1.29 is 31.5 Å². The van der Waals surface area contributed by atoms with Crippen LogP contribution in [0.2, 0.25) is 0 Å². The van der Waals surface area contributed by atoms with Crippen LogP contribution in [0.3, 0.4) is 0 Å². The lowest BCUT2D eigenvalue weighted by Crippen LogP contribution is -2.53. The van der Waals surface area contributed by atoms with Crippen molar-refractivity contribution in [2.45, 2.75) is 17.6 Å². The molecule has 3 heterocycles. The summed E-state index contributed by atoms with van der Waals surface area (Å²) in [5, 5.41) is 2.36. The number of carbonyl (C=O) groups is 1. The molecule has 11 heteroatoms. The first-order valence-corrected chi connectivity index (χ1v) is 9.29. The van der Waals surface area contributed by atoms with Crippen molar-refractivity contribution in [3.05, 3.63) is 59.2 Å². The molecule has 0 spiro atoms. The third kappa shape index (κ3) is 3.52. The molecule has 2 aliphatic heterocycles. The molecule has 0 radical (unpaired) electrons. The third-order valence-corrected chi connectivity index (χ3v) is 5.59. The quantitative estimate of drug-likeness (QED) is 0.716. The van der Waals surface area contributed by atoms with Gasteiger partial charge in [0.15, 0.2) is 17.3 Å². The Bertz CT molecular complexity index is 1060. The summed E-state index contributed by atoms with van der Waals surface area (Å²) in [5.74, 6) is -5.47. The molecule has 6 nitrogen and oxygen atoms in total. The van der Waals surface area contributed by atoms with Crippen LogP contribution in [0.25, 0.3) is 0 Å². The summed E-state index contributed by atoms with van der Waals surface area (Å²) >= 11 is 0. The number of nitrogens with two attached hydrogens (primary N) is 1. The van der Waals surface area contributed by atoms with Crippen molar-refractivity contribution in [3.63, 3.8) is 0 Å². The second kappa shape index (κ2) is 7.56. The Morgan fingerprint density at radius 1 is 1.29 bits per heavy atom. The highest BCUT2D eigenvalue weighted by molar-refractivity contribution is 6.02. The van der Waals surface area contributed by atoms with Crippen LogP contribution in [0.4, 0.5) is 27.6 Å². The van der Waals surface area contributed by atoms with Crippen LogP contribution < -0.4 is 11.1 Å². The fraction of sp³-hybridized carbons (Fsp3) is 0.350. The summed E-state index contributed by atoms with van der Waals surface area (Å²) < 4.78 is 75.6. The highest BCUT2D eigenvalue weighted by Gasteiger charge is 2.56. The number of amidine groups is 1. The number of halogens is 5. The summed E-state index contributed by atoms with van der Waals surface area (Å²) in [4.78, 5) is 20.0. The fourth-order valence-corrected chi connectivity index (χ4v) is 3.94. The zero-order chi connectivity index (χ0) is 22.4. The Balaban J connectivity index is 1.74. The zero-order valence-corrected chi connectivity index (χ0v) is 16.0. The van der Waals surface area contributed by atoms with Crippen LogP contribution in [0.15, 0.2) is 35.5 Å². The summed E-state index contributed by atoms with van der Waals surface area (Å²) in [7, 11) is 0. The van der Waals surface area contributed by atoms with Gasteiger partial charge in [0.25, 0.3) is 5.91 Å². The van der Waals surface area contributed by atoms with Crippen LogP contribution in [0.5, 0.6) is 0 Å². The molecule has 2 aliphatic rings. The lowest BCUT2D eigenvalue weighted by Gasteiger charge is -2.40. The van der Waals surface area contributed by atoms with E-state index in [1.807, 2.05) is 0 Å². The first kappa shape index (κ1) is 21.2. The molecule has 1 aromatic carbocycles. The summed E-state index contributed by atoms with van der Waals surface area (Å²) in [6, 6.07) is 4.03. The van der Waals surface area contributed by atoms with Gasteiger partial charge in [0, 0.05) is 23.2 Å². The standard InChI is InChI=1S/C20H17F5N4O2/c21-8-19(25)5-10-7-31-9-20(10,29-18(19)26)13-3-12(4-14(23)16(13)24)28-17(30)15-2-1-11(22)6-27-15/h1-4,6,10H,5,7-9H2,(H2,26,29)(H,28,30)/t10-,19-,20+/m1/s1. The number of carbonyl (C=O) groups excluding carboxylic acids is 1. The van der Waals surface area contributed by atoms with Crippen LogP contribution in [0, 0.1) is 23.4 Å². The van der Waals surface area contributed by atoms with Gasteiger partial charge >= 0.3 is 0 Å². The summed E-state index contributed by atoms with van der Waals surface area (Å²) in [6.07, 6.45) is 0.411. The van der Waals surface area contributed by atoms with E-state index >= 15 is 0 Å². The monoisotopic (exact) mass is 440 g/mol. The Kier molecular flexibility index (Phi) is 5.16. The Morgan fingerprint density at radius 3 is 2.74 bits per heavy atom. The Morgan fingerprint density at radius 2 is 2.06 bits per heavy atom. The number of aromatic nitrogens is 1. The molecule has 0 unspecified atom stereocenters. The predicted molar refractivity (Wildman–Crippen MR) is 101 cm³/mol. The molecular weight excluding hydrogens is 423 g/mol. The van der Waals surface area contributed by atoms with Crippen LogP contribution >= 0.6 is 0 Å². The van der Waals surface area contributed by atoms with Crippen molar-refractivity contribution in [1.82, 2.24) is 4.98 Å². The predicted octanol–water partition coefficient (Wildman–Crippen LogP) is 3.03. The number of pyridine rings is 1. The number of anilines is 1. The normalized spacial score (nSPS) is 27.5. The van der Waals surface area contributed by atoms with Gasteiger partial charge in [-0.25, -0.2) is 26.9 Å². The van der Waals surface area contributed by atoms with Gasteiger partial charge in [0.2, 0.25) is 0 Å². The molecule has 0 aliphatic carbocycles. The SMILES string of the molecule is NC1=N[C@@]2(c3cc(NC(=O)c4ccc(F)cn4)cc(F)c3F)COC[C@H]2C[C@@]1(F)CF. The number of hydrogen-bond acceptors (Lipinski definition) is 5. The second-order valence-electron chi connectivity index (χ2n) is 7.57. The van der Waals surface area contributed by atoms with Gasteiger partial charge in [0.1, 0.15) is 29.6 Å². The van der Waals surface area contributed by atoms with E-state index in [0.29, 0.717) is 0 Å². The van der Waals surface area contributed by atoms with Gasteiger partial charge in [-0.05, 0) is 24.6 Å². The number of fused-ring (bicyclic) bond motifs is 1. The van der Waals surface area contributed by atoms with E-state index in [4.69, 9.17) is 10.5 Å². The molecule has 1 saturated heterocycles. The molecule has 164 valence electrons. The molecule has 3 atom stereocenters. The number of amides is 1. The summed E-state index contributed by atoms with van der Waals surface area (Å²) in [5.41, 5.74) is 0.964. The van der Waals surface area contributed by atoms with Crippen LogP contribution in [0.1, 0.15) is 22.5 Å². The van der Waals surface area contributed by atoms with Gasteiger partial charge in [-0.15, -0.1) is 0 Å². The summed E-state index contributed by atoms with van der Waals surface area (Å²) in [6.45, 7) is -1.69. The molecular formula is C20H17F5N4O2. The Hall–Kier alpha value is -3.08. The van der Waals surface area contributed by atoms with E-state index < -0.39 is 59.4 Å². The highest BCUT2D eigenvalue weighted by Crippen LogP contribution is 2.49. The van der Waals surface area contributed by atoms with Gasteiger partial charge < -0.3 is 15.8 Å². The largest absolute Gasteiger partial charge is 0.385 e. The molecule has 1 amide bonds. The molecule has 0 saturated carbocycles. The van der Waals surface area contributed by atoms with E-state index in [9.17, 15) is 26.7 Å². The fourth-order valence-electron chi connectivity index (χ4n) is 3.94. The minimum absolute atomic E-state index is 0.0560. The molecule has 31 heavy (non-hydrogen) atoms. The molecule has 3 N–H and O–H groups in total. The zero-order valence-electron chi connectivity index (χ0n) is 16.0. The van der Waals surface area contributed by atoms with E-state index in [1.54, 1.807) is 0 Å². The maximum absolute atomic E-state index is 14.8. The smallest absolute Gasteiger partial charge is 0.274 e. The Labute approximate surface area is 173 Å². The number of benzene rings is 1. The van der Waals surface area contributed by atoms with Crippen molar-refractivity contribution in [2.75, 3.05) is 25.2 Å². The van der Waals surface area contributed by atoms with E-state index in [-0.39, 0.29) is 30.2 Å². The lowest BCUT2D eigenvalue weighted by molar-refractivity contribution is 0.102. The number of ether oxygens (including phenoxy) is 1.